The van der Waals surface area contributed by atoms with Crippen LogP contribution in [0.25, 0.3) is 0 Å². The number of halogens is 1. The molecule has 1 saturated heterocycles. The summed E-state index contributed by atoms with van der Waals surface area (Å²) in [6, 6.07) is 0.713. The van der Waals surface area contributed by atoms with Gasteiger partial charge >= 0.3 is 0 Å². The molecular weight excluding hydrogens is 288 g/mol. The highest BCUT2D eigenvalue weighted by atomic mass is 35.5. The lowest BCUT2D eigenvalue weighted by Crippen LogP contribution is -2.42. The Morgan fingerprint density at radius 2 is 2.00 bits per heavy atom. The van der Waals surface area contributed by atoms with Crippen LogP contribution in [-0.2, 0) is 13.0 Å². The molecule has 0 aromatic carbocycles. The number of nitrogens with zero attached hydrogens (tertiary/aromatic N) is 3. The van der Waals surface area contributed by atoms with Gasteiger partial charge in [0.2, 0.25) is 5.89 Å². The highest BCUT2D eigenvalue weighted by molar-refractivity contribution is 5.85. The first-order valence-corrected chi connectivity index (χ1v) is 8.10. The Morgan fingerprint density at radius 3 is 2.67 bits per heavy atom. The molecule has 5 nitrogen and oxygen atoms in total. The summed E-state index contributed by atoms with van der Waals surface area (Å²) in [4.78, 5) is 6.87. The molecule has 0 amide bonds. The summed E-state index contributed by atoms with van der Waals surface area (Å²) in [7, 11) is 0. The molecule has 21 heavy (non-hydrogen) atoms. The van der Waals surface area contributed by atoms with Crippen LogP contribution < -0.4 is 5.32 Å². The van der Waals surface area contributed by atoms with Gasteiger partial charge in [-0.15, -0.1) is 12.4 Å². The first-order chi connectivity index (χ1) is 9.83. The Labute approximate surface area is 133 Å². The zero-order valence-corrected chi connectivity index (χ0v) is 13.7. The van der Waals surface area contributed by atoms with E-state index < -0.39 is 0 Å². The molecule has 120 valence electrons. The molecule has 1 saturated carbocycles. The van der Waals surface area contributed by atoms with Gasteiger partial charge < -0.3 is 9.84 Å². The molecule has 0 unspecified atom stereocenters. The zero-order valence-electron chi connectivity index (χ0n) is 12.9. The lowest BCUT2D eigenvalue weighted by molar-refractivity contribution is 0.170. The van der Waals surface area contributed by atoms with Crippen molar-refractivity contribution in [3.05, 3.63) is 11.7 Å². The molecule has 1 N–H and O–H groups in total. The molecule has 1 aromatic heterocycles. The minimum atomic E-state index is 0. The Hall–Kier alpha value is -0.650. The largest absolute Gasteiger partial charge is 0.338 e. The molecule has 1 aliphatic heterocycles. The summed E-state index contributed by atoms with van der Waals surface area (Å²) in [5.41, 5.74) is 0. The maximum atomic E-state index is 5.32. The van der Waals surface area contributed by atoms with Crippen molar-refractivity contribution < 1.29 is 4.52 Å². The molecule has 2 aliphatic rings. The third kappa shape index (κ3) is 5.24. The Kier molecular flexibility index (Phi) is 6.45. The highest BCUT2D eigenvalue weighted by Gasteiger charge is 2.24. The van der Waals surface area contributed by atoms with E-state index in [9.17, 15) is 0 Å². The van der Waals surface area contributed by atoms with Gasteiger partial charge in [-0.3, -0.25) is 4.90 Å². The van der Waals surface area contributed by atoms with Crippen LogP contribution in [-0.4, -0.2) is 40.7 Å². The first-order valence-electron chi connectivity index (χ1n) is 8.10. The van der Waals surface area contributed by atoms with Crippen molar-refractivity contribution in [3.63, 3.8) is 0 Å². The SMILES string of the molecule is CCCc1noc(CN2CCC(NCC3CC3)CC2)n1.Cl. The maximum absolute atomic E-state index is 5.32. The van der Waals surface area contributed by atoms with Gasteiger partial charge in [0.1, 0.15) is 0 Å². The van der Waals surface area contributed by atoms with Crippen molar-refractivity contribution in [3.8, 4) is 0 Å². The number of likely N-dealkylation sites (tertiary alicyclic amines) is 1. The molecule has 3 rings (SSSR count). The minimum absolute atomic E-state index is 0. The Morgan fingerprint density at radius 1 is 1.24 bits per heavy atom. The van der Waals surface area contributed by atoms with E-state index in [0.717, 1.165) is 50.1 Å². The molecule has 0 atom stereocenters. The number of nitrogens with one attached hydrogen (secondary N) is 1. The van der Waals surface area contributed by atoms with Crippen LogP contribution in [0.3, 0.4) is 0 Å². The Bertz CT molecular complexity index is 414. The molecule has 0 bridgehead atoms. The average molecular weight is 315 g/mol. The summed E-state index contributed by atoms with van der Waals surface area (Å²) in [5.74, 6) is 2.60. The van der Waals surface area contributed by atoms with Crippen LogP contribution in [0.4, 0.5) is 0 Å². The van der Waals surface area contributed by atoms with Crippen molar-refractivity contribution in [2.75, 3.05) is 19.6 Å². The van der Waals surface area contributed by atoms with Crippen LogP contribution in [0.5, 0.6) is 0 Å². The number of aryl methyl sites for hydroxylation is 1. The first kappa shape index (κ1) is 16.7. The van der Waals surface area contributed by atoms with Crippen LogP contribution >= 0.6 is 12.4 Å². The molecular formula is C15H27ClN4O. The van der Waals surface area contributed by atoms with E-state index in [1.807, 2.05) is 0 Å². The summed E-state index contributed by atoms with van der Waals surface area (Å²) in [6.45, 7) is 6.44. The second kappa shape index (κ2) is 8.11. The standard InChI is InChI=1S/C15H26N4O.ClH/c1-2-3-14-17-15(20-18-14)11-19-8-6-13(7-9-19)16-10-12-4-5-12;/h12-13,16H,2-11H2,1H3;1H. The monoisotopic (exact) mass is 314 g/mol. The van der Waals surface area contributed by atoms with Gasteiger partial charge in [0.05, 0.1) is 6.54 Å². The van der Waals surface area contributed by atoms with Gasteiger partial charge in [-0.1, -0.05) is 12.1 Å². The van der Waals surface area contributed by atoms with Crippen LogP contribution in [0, 0.1) is 5.92 Å². The van der Waals surface area contributed by atoms with Crippen LogP contribution in [0.15, 0.2) is 4.52 Å². The molecule has 1 aromatic rings. The second-order valence-electron chi connectivity index (χ2n) is 6.26. The summed E-state index contributed by atoms with van der Waals surface area (Å²) < 4.78 is 5.32. The molecule has 2 heterocycles. The number of hydrogen-bond acceptors (Lipinski definition) is 5. The second-order valence-corrected chi connectivity index (χ2v) is 6.26. The van der Waals surface area contributed by atoms with E-state index >= 15 is 0 Å². The van der Waals surface area contributed by atoms with E-state index in [1.165, 1.54) is 32.2 Å². The zero-order chi connectivity index (χ0) is 13.8. The third-order valence-electron chi connectivity index (χ3n) is 4.32. The number of hydrogen-bond donors (Lipinski definition) is 1. The van der Waals surface area contributed by atoms with E-state index in [-0.39, 0.29) is 12.4 Å². The van der Waals surface area contributed by atoms with Gasteiger partial charge in [0.25, 0.3) is 0 Å². The van der Waals surface area contributed by atoms with E-state index in [1.54, 1.807) is 0 Å². The van der Waals surface area contributed by atoms with Crippen molar-refractivity contribution in [2.45, 2.75) is 58.0 Å². The van der Waals surface area contributed by atoms with Crippen LogP contribution in [0.1, 0.15) is 50.7 Å². The van der Waals surface area contributed by atoms with Gasteiger partial charge in [-0.25, -0.2) is 0 Å². The van der Waals surface area contributed by atoms with Crippen molar-refractivity contribution >= 4 is 12.4 Å². The number of aromatic nitrogens is 2. The fourth-order valence-corrected chi connectivity index (χ4v) is 2.82. The number of piperidine rings is 1. The highest BCUT2D eigenvalue weighted by Crippen LogP contribution is 2.28. The van der Waals surface area contributed by atoms with E-state index in [0.29, 0.717) is 6.04 Å². The molecule has 0 spiro atoms. The van der Waals surface area contributed by atoms with Gasteiger partial charge in [-0.05, 0) is 44.6 Å². The maximum Gasteiger partial charge on any atom is 0.240 e. The van der Waals surface area contributed by atoms with E-state index in [4.69, 9.17) is 4.52 Å². The minimum Gasteiger partial charge on any atom is -0.338 e. The van der Waals surface area contributed by atoms with Crippen molar-refractivity contribution in [1.29, 1.82) is 0 Å². The fourth-order valence-electron chi connectivity index (χ4n) is 2.82. The topological polar surface area (TPSA) is 54.2 Å². The van der Waals surface area contributed by atoms with Gasteiger partial charge in [-0.2, -0.15) is 4.98 Å². The normalized spacial score (nSPS) is 20.4. The number of rotatable bonds is 7. The lowest BCUT2D eigenvalue weighted by Gasteiger charge is -2.31. The summed E-state index contributed by atoms with van der Waals surface area (Å²) >= 11 is 0. The summed E-state index contributed by atoms with van der Waals surface area (Å²) in [6.07, 6.45) is 7.32. The molecule has 2 fully saturated rings. The third-order valence-corrected chi connectivity index (χ3v) is 4.32. The predicted molar refractivity (Wildman–Crippen MR) is 84.6 cm³/mol. The van der Waals surface area contributed by atoms with Crippen molar-refractivity contribution in [2.24, 2.45) is 5.92 Å². The predicted octanol–water partition coefficient (Wildman–Crippen LogP) is 2.41. The van der Waals surface area contributed by atoms with Gasteiger partial charge in [0.15, 0.2) is 5.82 Å². The van der Waals surface area contributed by atoms with Crippen LogP contribution in [0.2, 0.25) is 0 Å². The van der Waals surface area contributed by atoms with Crippen molar-refractivity contribution in [1.82, 2.24) is 20.4 Å². The Balaban J connectivity index is 0.00000161. The van der Waals surface area contributed by atoms with E-state index in [2.05, 4.69) is 27.3 Å². The molecule has 6 heteroatoms. The molecule has 0 radical (unpaired) electrons. The summed E-state index contributed by atoms with van der Waals surface area (Å²) in [5, 5.41) is 7.73. The molecule has 1 aliphatic carbocycles. The quantitative estimate of drug-likeness (QED) is 0.837. The fraction of sp³-hybridized carbons (Fsp3) is 0.867. The lowest BCUT2D eigenvalue weighted by atomic mass is 10.0. The smallest absolute Gasteiger partial charge is 0.240 e. The average Bonchev–Trinajstić information content (AvgIpc) is 3.19. The van der Waals surface area contributed by atoms with Gasteiger partial charge in [0, 0.05) is 25.6 Å².